The number of methoxy groups -OCH3 is 1. The van der Waals surface area contributed by atoms with Crippen LogP contribution in [0.1, 0.15) is 59.3 Å². The molecule has 5 nitrogen and oxygen atoms in total. The molecule has 1 saturated carbocycles. The van der Waals surface area contributed by atoms with Crippen molar-refractivity contribution in [3.05, 3.63) is 0 Å². The van der Waals surface area contributed by atoms with Crippen LogP contribution in [0, 0.1) is 0 Å². The highest BCUT2D eigenvalue weighted by molar-refractivity contribution is 5.69. The molecule has 0 aromatic rings. The quantitative estimate of drug-likeness (QED) is 0.867. The fourth-order valence-electron chi connectivity index (χ4n) is 3.51. The molecule has 3 atom stereocenters. The highest BCUT2D eigenvalue weighted by Gasteiger charge is 2.33. The maximum Gasteiger partial charge on any atom is 0.410 e. The molecule has 1 heterocycles. The van der Waals surface area contributed by atoms with Crippen LogP contribution in [-0.4, -0.2) is 55.0 Å². The Balaban J connectivity index is 1.84. The number of rotatable bonds is 4. The summed E-state index contributed by atoms with van der Waals surface area (Å²) in [4.78, 5) is 14.2. The van der Waals surface area contributed by atoms with Gasteiger partial charge in [-0.2, -0.15) is 0 Å². The Labute approximate surface area is 134 Å². The van der Waals surface area contributed by atoms with Crippen molar-refractivity contribution in [2.75, 3.05) is 20.2 Å². The van der Waals surface area contributed by atoms with E-state index in [1.165, 1.54) is 12.8 Å². The molecule has 5 heteroatoms. The van der Waals surface area contributed by atoms with Crippen LogP contribution in [0.5, 0.6) is 0 Å². The maximum absolute atomic E-state index is 12.3. The third-order valence-electron chi connectivity index (χ3n) is 4.63. The van der Waals surface area contributed by atoms with Crippen molar-refractivity contribution in [1.29, 1.82) is 0 Å². The molecule has 1 saturated heterocycles. The summed E-state index contributed by atoms with van der Waals surface area (Å²) >= 11 is 0. The molecule has 2 aliphatic rings. The van der Waals surface area contributed by atoms with E-state index in [9.17, 15) is 4.79 Å². The maximum atomic E-state index is 12.3. The molecule has 128 valence electrons. The van der Waals surface area contributed by atoms with Gasteiger partial charge < -0.3 is 19.7 Å². The normalized spacial score (nSPS) is 29.6. The number of ether oxygens (including phenoxy) is 2. The summed E-state index contributed by atoms with van der Waals surface area (Å²) in [5.41, 5.74) is -0.428. The lowest BCUT2D eigenvalue weighted by Gasteiger charge is -2.34. The first-order valence-electron chi connectivity index (χ1n) is 8.66. The van der Waals surface area contributed by atoms with E-state index in [4.69, 9.17) is 9.47 Å². The van der Waals surface area contributed by atoms with E-state index in [0.717, 1.165) is 38.8 Å². The summed E-state index contributed by atoms with van der Waals surface area (Å²) in [5, 5.41) is 3.64. The zero-order valence-corrected chi connectivity index (χ0v) is 14.6. The summed E-state index contributed by atoms with van der Waals surface area (Å²) < 4.78 is 11.1. The first-order chi connectivity index (χ1) is 10.4. The summed E-state index contributed by atoms with van der Waals surface area (Å²) in [6.07, 6.45) is 7.06. The van der Waals surface area contributed by atoms with Gasteiger partial charge in [-0.1, -0.05) is 12.8 Å². The number of carbonyl (C=O) groups excluding carboxylic acids is 1. The summed E-state index contributed by atoms with van der Waals surface area (Å²) in [6, 6.07) is 0.661. The zero-order valence-electron chi connectivity index (χ0n) is 14.6. The Kier molecular flexibility index (Phi) is 6.09. The number of likely N-dealkylation sites (tertiary alicyclic amines) is 1. The first-order valence-corrected chi connectivity index (χ1v) is 8.66. The summed E-state index contributed by atoms with van der Waals surface area (Å²) in [6.45, 7) is 7.39. The lowest BCUT2D eigenvalue weighted by Crippen LogP contribution is -2.49. The van der Waals surface area contributed by atoms with E-state index in [0.29, 0.717) is 12.1 Å². The minimum atomic E-state index is -0.428. The Hall–Kier alpha value is -0.810. The van der Waals surface area contributed by atoms with E-state index in [1.807, 2.05) is 25.7 Å². The first kappa shape index (κ1) is 17.5. The average molecular weight is 312 g/mol. The van der Waals surface area contributed by atoms with Crippen molar-refractivity contribution in [3.8, 4) is 0 Å². The van der Waals surface area contributed by atoms with Crippen LogP contribution in [0.2, 0.25) is 0 Å². The Morgan fingerprint density at radius 2 is 1.91 bits per heavy atom. The highest BCUT2D eigenvalue weighted by Crippen LogP contribution is 2.23. The van der Waals surface area contributed by atoms with Gasteiger partial charge in [-0.3, -0.25) is 0 Å². The minimum Gasteiger partial charge on any atom is -0.444 e. The molecule has 0 spiro atoms. The van der Waals surface area contributed by atoms with Gasteiger partial charge in [0.2, 0.25) is 0 Å². The number of hydrogen-bond acceptors (Lipinski definition) is 4. The summed E-state index contributed by atoms with van der Waals surface area (Å²) in [7, 11) is 1.80. The molecule has 0 aromatic heterocycles. The summed E-state index contributed by atoms with van der Waals surface area (Å²) in [5.74, 6) is 0. The lowest BCUT2D eigenvalue weighted by molar-refractivity contribution is 0.0195. The van der Waals surface area contributed by atoms with Crippen LogP contribution in [0.4, 0.5) is 4.79 Å². The molecule has 1 aliphatic heterocycles. The van der Waals surface area contributed by atoms with Gasteiger partial charge in [0.1, 0.15) is 5.60 Å². The van der Waals surface area contributed by atoms with E-state index in [2.05, 4.69) is 5.32 Å². The van der Waals surface area contributed by atoms with Gasteiger partial charge in [0.15, 0.2) is 0 Å². The van der Waals surface area contributed by atoms with Crippen molar-refractivity contribution < 1.29 is 14.3 Å². The molecule has 1 N–H and O–H groups in total. The predicted octanol–water partition coefficient (Wildman–Crippen LogP) is 2.93. The van der Waals surface area contributed by atoms with Crippen LogP contribution in [0.15, 0.2) is 0 Å². The van der Waals surface area contributed by atoms with Crippen molar-refractivity contribution in [1.82, 2.24) is 10.2 Å². The molecule has 0 bridgehead atoms. The monoisotopic (exact) mass is 312 g/mol. The van der Waals surface area contributed by atoms with Gasteiger partial charge in [-0.05, 0) is 46.5 Å². The highest BCUT2D eigenvalue weighted by atomic mass is 16.6. The van der Waals surface area contributed by atoms with Crippen LogP contribution in [-0.2, 0) is 9.47 Å². The van der Waals surface area contributed by atoms with Crippen molar-refractivity contribution >= 4 is 6.09 Å². The topological polar surface area (TPSA) is 50.8 Å². The number of hydrogen-bond donors (Lipinski definition) is 1. The van der Waals surface area contributed by atoms with Gasteiger partial charge in [0.05, 0.1) is 6.10 Å². The van der Waals surface area contributed by atoms with Crippen molar-refractivity contribution in [3.63, 3.8) is 0 Å². The van der Waals surface area contributed by atoms with Crippen LogP contribution in [0.3, 0.4) is 0 Å². The van der Waals surface area contributed by atoms with E-state index in [-0.39, 0.29) is 12.1 Å². The average Bonchev–Trinajstić information content (AvgIpc) is 2.92. The number of nitrogens with one attached hydrogen (secondary N) is 1. The molecule has 1 amide bonds. The molecule has 22 heavy (non-hydrogen) atoms. The second kappa shape index (κ2) is 7.64. The molecular formula is C17H32N2O3. The molecule has 3 unspecified atom stereocenters. The lowest BCUT2D eigenvalue weighted by atomic mass is 9.92. The predicted molar refractivity (Wildman–Crippen MR) is 87.0 cm³/mol. The third-order valence-corrected chi connectivity index (χ3v) is 4.63. The second-order valence-electron chi connectivity index (χ2n) is 7.54. The standard InChI is InChI=1S/C17H32N2O3/c1-17(2,3)22-16(20)19-11-7-8-13(19)12-18-14-9-5-6-10-15(14)21-4/h13-15,18H,5-12H2,1-4H3. The zero-order chi connectivity index (χ0) is 16.2. The Morgan fingerprint density at radius 1 is 1.18 bits per heavy atom. The van der Waals surface area contributed by atoms with Crippen LogP contribution < -0.4 is 5.32 Å². The molecule has 2 rings (SSSR count). The smallest absolute Gasteiger partial charge is 0.410 e. The van der Waals surface area contributed by atoms with Gasteiger partial charge in [-0.25, -0.2) is 4.79 Å². The molecule has 1 aliphatic carbocycles. The Morgan fingerprint density at radius 3 is 2.59 bits per heavy atom. The Bertz CT molecular complexity index is 367. The van der Waals surface area contributed by atoms with Gasteiger partial charge in [0, 0.05) is 32.3 Å². The van der Waals surface area contributed by atoms with Crippen molar-refractivity contribution in [2.24, 2.45) is 0 Å². The van der Waals surface area contributed by atoms with E-state index >= 15 is 0 Å². The fourth-order valence-corrected chi connectivity index (χ4v) is 3.51. The molecule has 0 aromatic carbocycles. The SMILES string of the molecule is COC1CCCCC1NCC1CCCN1C(=O)OC(C)(C)C. The number of nitrogens with zero attached hydrogens (tertiary/aromatic N) is 1. The fraction of sp³-hybridized carbons (Fsp3) is 0.941. The largest absolute Gasteiger partial charge is 0.444 e. The number of carbonyl (C=O) groups is 1. The van der Waals surface area contributed by atoms with Gasteiger partial charge >= 0.3 is 6.09 Å². The van der Waals surface area contributed by atoms with E-state index in [1.54, 1.807) is 7.11 Å². The van der Waals surface area contributed by atoms with Crippen LogP contribution >= 0.6 is 0 Å². The molecule has 0 radical (unpaired) electrons. The van der Waals surface area contributed by atoms with Gasteiger partial charge in [0.25, 0.3) is 0 Å². The second-order valence-corrected chi connectivity index (χ2v) is 7.54. The van der Waals surface area contributed by atoms with Crippen molar-refractivity contribution in [2.45, 2.75) is 83.1 Å². The minimum absolute atomic E-state index is 0.177. The third kappa shape index (κ3) is 4.85. The molecule has 2 fully saturated rings. The molecular weight excluding hydrogens is 280 g/mol. The van der Waals surface area contributed by atoms with Gasteiger partial charge in [-0.15, -0.1) is 0 Å². The number of amides is 1. The van der Waals surface area contributed by atoms with Crippen LogP contribution in [0.25, 0.3) is 0 Å². The van der Waals surface area contributed by atoms with E-state index < -0.39 is 5.60 Å².